The molecule has 0 saturated heterocycles. The van der Waals surface area contributed by atoms with Gasteiger partial charge in [-0.15, -0.1) is 0 Å². The van der Waals surface area contributed by atoms with E-state index >= 15 is 0 Å². The van der Waals surface area contributed by atoms with Crippen molar-refractivity contribution < 1.29 is 4.39 Å². The van der Waals surface area contributed by atoms with E-state index in [-0.39, 0.29) is 5.82 Å². The minimum atomic E-state index is -0.367. The summed E-state index contributed by atoms with van der Waals surface area (Å²) in [5.41, 5.74) is 2.53. The topological polar surface area (TPSA) is 35.8 Å². The summed E-state index contributed by atoms with van der Waals surface area (Å²) in [6, 6.07) is 6.31. The summed E-state index contributed by atoms with van der Waals surface area (Å²) in [7, 11) is 0. The molecule has 18 heavy (non-hydrogen) atoms. The molecule has 0 spiro atoms. The van der Waals surface area contributed by atoms with Gasteiger partial charge >= 0.3 is 0 Å². The predicted octanol–water partition coefficient (Wildman–Crippen LogP) is 4.00. The molecule has 0 aliphatic heterocycles. The summed E-state index contributed by atoms with van der Waals surface area (Å²) in [5.74, 6) is -0.367. The van der Waals surface area contributed by atoms with Crippen molar-refractivity contribution in [2.45, 2.75) is 32.1 Å². The summed E-state index contributed by atoms with van der Waals surface area (Å²) in [6.45, 7) is 0.792. The molecule has 2 rings (SSSR count). The smallest absolute Gasteiger partial charge is 0.126 e. The van der Waals surface area contributed by atoms with Crippen molar-refractivity contribution in [3.05, 3.63) is 41.2 Å². The number of nitrogens with zero attached hydrogens (tertiary/aromatic N) is 1. The first-order chi connectivity index (χ1) is 8.78. The van der Waals surface area contributed by atoms with Crippen LogP contribution in [-0.2, 0) is 0 Å². The minimum Gasteiger partial charge on any atom is -0.385 e. The van der Waals surface area contributed by atoms with E-state index in [0.717, 1.165) is 13.0 Å². The lowest BCUT2D eigenvalue weighted by Crippen LogP contribution is -2.05. The number of allylic oxidation sites excluding steroid dienone is 1. The van der Waals surface area contributed by atoms with Crippen LogP contribution in [0.2, 0.25) is 0 Å². The lowest BCUT2D eigenvalue weighted by Gasteiger charge is -2.13. The first-order valence-corrected chi connectivity index (χ1v) is 6.40. The monoisotopic (exact) mass is 244 g/mol. The highest BCUT2D eigenvalue weighted by molar-refractivity contribution is 5.49. The Bertz CT molecular complexity index is 486. The highest BCUT2D eigenvalue weighted by Crippen LogP contribution is 2.20. The van der Waals surface area contributed by atoms with Gasteiger partial charge in [0.25, 0.3) is 0 Å². The molecule has 1 aliphatic carbocycles. The van der Waals surface area contributed by atoms with Crippen LogP contribution in [0.1, 0.15) is 37.7 Å². The van der Waals surface area contributed by atoms with Crippen LogP contribution in [-0.4, -0.2) is 6.54 Å². The van der Waals surface area contributed by atoms with Gasteiger partial charge in [-0.2, -0.15) is 5.26 Å². The number of nitrogens with one attached hydrogen (secondary N) is 1. The Hall–Kier alpha value is -1.82. The van der Waals surface area contributed by atoms with Crippen LogP contribution in [0.25, 0.3) is 0 Å². The van der Waals surface area contributed by atoms with E-state index in [1.54, 1.807) is 6.07 Å². The molecule has 0 radical (unpaired) electrons. The third-order valence-corrected chi connectivity index (χ3v) is 3.19. The molecule has 1 aromatic rings. The number of anilines is 1. The van der Waals surface area contributed by atoms with E-state index in [9.17, 15) is 4.39 Å². The predicted molar refractivity (Wildman–Crippen MR) is 70.8 cm³/mol. The Morgan fingerprint density at radius 2 is 2.17 bits per heavy atom. The summed E-state index contributed by atoms with van der Waals surface area (Å²) < 4.78 is 13.2. The number of halogens is 1. The minimum absolute atomic E-state index is 0.356. The number of nitriles is 1. The lowest BCUT2D eigenvalue weighted by atomic mass is 9.97. The molecule has 0 aromatic heterocycles. The zero-order valence-corrected chi connectivity index (χ0v) is 10.4. The molecule has 2 nitrogen and oxygen atoms in total. The molecule has 0 saturated carbocycles. The second kappa shape index (κ2) is 6.20. The molecule has 3 heteroatoms. The van der Waals surface area contributed by atoms with Gasteiger partial charge in [-0.05, 0) is 50.3 Å². The summed E-state index contributed by atoms with van der Waals surface area (Å²) in [6.07, 6.45) is 8.27. The van der Waals surface area contributed by atoms with E-state index in [1.807, 2.05) is 6.07 Å². The summed E-state index contributed by atoms with van der Waals surface area (Å²) >= 11 is 0. The van der Waals surface area contributed by atoms with E-state index < -0.39 is 0 Å². The second-order valence-corrected chi connectivity index (χ2v) is 4.63. The normalized spacial score (nSPS) is 14.8. The number of hydrogen-bond acceptors (Lipinski definition) is 2. The fourth-order valence-corrected chi connectivity index (χ4v) is 2.26. The molecular formula is C15H17FN2. The van der Waals surface area contributed by atoms with Gasteiger partial charge in [0.1, 0.15) is 5.82 Å². The third-order valence-electron chi connectivity index (χ3n) is 3.19. The van der Waals surface area contributed by atoms with Crippen molar-refractivity contribution in [2.24, 2.45) is 0 Å². The van der Waals surface area contributed by atoms with Gasteiger partial charge in [0.2, 0.25) is 0 Å². The van der Waals surface area contributed by atoms with Crippen LogP contribution in [0.5, 0.6) is 0 Å². The molecule has 0 bridgehead atoms. The van der Waals surface area contributed by atoms with Crippen molar-refractivity contribution in [1.29, 1.82) is 5.26 Å². The fourth-order valence-electron chi connectivity index (χ4n) is 2.26. The zero-order chi connectivity index (χ0) is 12.8. The van der Waals surface area contributed by atoms with Crippen molar-refractivity contribution >= 4 is 5.69 Å². The first kappa shape index (κ1) is 12.6. The van der Waals surface area contributed by atoms with Gasteiger partial charge in [-0.3, -0.25) is 0 Å². The van der Waals surface area contributed by atoms with Crippen LogP contribution in [0.4, 0.5) is 10.1 Å². The highest BCUT2D eigenvalue weighted by atomic mass is 19.1. The number of hydrogen-bond donors (Lipinski definition) is 1. The van der Waals surface area contributed by atoms with Crippen molar-refractivity contribution in [2.75, 3.05) is 11.9 Å². The highest BCUT2D eigenvalue weighted by Gasteiger charge is 2.04. The van der Waals surface area contributed by atoms with Crippen LogP contribution in [0.3, 0.4) is 0 Å². The van der Waals surface area contributed by atoms with E-state index in [2.05, 4.69) is 11.4 Å². The maximum absolute atomic E-state index is 13.2. The Balaban J connectivity index is 1.88. The Morgan fingerprint density at radius 1 is 1.28 bits per heavy atom. The molecule has 0 unspecified atom stereocenters. The van der Waals surface area contributed by atoms with Crippen molar-refractivity contribution in [3.8, 4) is 6.07 Å². The van der Waals surface area contributed by atoms with E-state index in [0.29, 0.717) is 11.3 Å². The molecule has 1 aromatic carbocycles. The van der Waals surface area contributed by atoms with Crippen LogP contribution in [0.15, 0.2) is 29.8 Å². The van der Waals surface area contributed by atoms with Gasteiger partial charge in [0.05, 0.1) is 11.6 Å². The molecule has 1 N–H and O–H groups in total. The van der Waals surface area contributed by atoms with Crippen LogP contribution >= 0.6 is 0 Å². The third kappa shape index (κ3) is 3.59. The SMILES string of the molecule is N#Cc1cc(F)cc(NCCC2=CCCCC2)c1. The molecule has 0 fully saturated rings. The van der Waals surface area contributed by atoms with Crippen LogP contribution in [0, 0.1) is 17.1 Å². The van der Waals surface area contributed by atoms with Crippen molar-refractivity contribution in [1.82, 2.24) is 0 Å². The standard InChI is InChI=1S/C15H17FN2/c16-14-8-13(11-17)9-15(10-14)18-7-6-12-4-2-1-3-5-12/h4,8-10,18H,1-3,5-7H2. The number of rotatable bonds is 4. The van der Waals surface area contributed by atoms with Crippen LogP contribution < -0.4 is 5.32 Å². The molecule has 94 valence electrons. The second-order valence-electron chi connectivity index (χ2n) is 4.63. The quantitative estimate of drug-likeness (QED) is 0.812. The number of benzene rings is 1. The van der Waals surface area contributed by atoms with Gasteiger partial charge < -0.3 is 5.32 Å². The Labute approximate surface area is 107 Å². The largest absolute Gasteiger partial charge is 0.385 e. The average molecular weight is 244 g/mol. The van der Waals surface area contributed by atoms with E-state index in [1.165, 1.54) is 43.4 Å². The zero-order valence-electron chi connectivity index (χ0n) is 10.4. The van der Waals surface area contributed by atoms with Gasteiger partial charge in [0.15, 0.2) is 0 Å². The maximum atomic E-state index is 13.2. The Morgan fingerprint density at radius 3 is 2.89 bits per heavy atom. The summed E-state index contributed by atoms with van der Waals surface area (Å²) in [4.78, 5) is 0. The lowest BCUT2D eigenvalue weighted by molar-refractivity contribution is 0.627. The van der Waals surface area contributed by atoms with Crippen molar-refractivity contribution in [3.63, 3.8) is 0 Å². The molecule has 0 heterocycles. The molecule has 0 atom stereocenters. The average Bonchev–Trinajstić information content (AvgIpc) is 2.39. The molecular weight excluding hydrogens is 227 g/mol. The van der Waals surface area contributed by atoms with Gasteiger partial charge in [0, 0.05) is 12.2 Å². The molecule has 0 amide bonds. The summed E-state index contributed by atoms with van der Waals surface area (Å²) in [5, 5.41) is 11.9. The fraction of sp³-hybridized carbons (Fsp3) is 0.400. The van der Waals surface area contributed by atoms with E-state index in [4.69, 9.17) is 5.26 Å². The Kier molecular flexibility index (Phi) is 4.35. The first-order valence-electron chi connectivity index (χ1n) is 6.40. The van der Waals surface area contributed by atoms with Gasteiger partial charge in [-0.1, -0.05) is 11.6 Å². The molecule has 1 aliphatic rings. The van der Waals surface area contributed by atoms with Gasteiger partial charge in [-0.25, -0.2) is 4.39 Å². The maximum Gasteiger partial charge on any atom is 0.126 e.